The Hall–Kier alpha value is -5.81. The first-order valence-electron chi connectivity index (χ1n) is 14.1. The lowest BCUT2D eigenvalue weighted by molar-refractivity contribution is 1.08. The summed E-state index contributed by atoms with van der Waals surface area (Å²) >= 11 is 0. The summed E-state index contributed by atoms with van der Waals surface area (Å²) in [5.41, 5.74) is 9.15. The summed E-state index contributed by atoms with van der Waals surface area (Å²) in [6, 6.07) is 42.5. The second-order valence-electron chi connectivity index (χ2n) is 10.9. The van der Waals surface area contributed by atoms with Crippen LogP contribution in [-0.4, -0.2) is 23.9 Å². The van der Waals surface area contributed by atoms with Gasteiger partial charge in [-0.1, -0.05) is 72.8 Å². The van der Waals surface area contributed by atoms with Crippen LogP contribution in [0.4, 0.5) is 0 Å². The fourth-order valence-electron chi connectivity index (χ4n) is 6.99. The van der Waals surface area contributed by atoms with Gasteiger partial charge in [0.2, 0.25) is 0 Å². The molecular formula is C37H21N5. The van der Waals surface area contributed by atoms with Crippen molar-refractivity contribution in [1.29, 1.82) is 0 Å². The molecule has 42 heavy (non-hydrogen) atoms. The van der Waals surface area contributed by atoms with Gasteiger partial charge in [-0.2, -0.15) is 0 Å². The summed E-state index contributed by atoms with van der Waals surface area (Å²) in [5, 5.41) is 7.18. The predicted molar refractivity (Wildman–Crippen MR) is 172 cm³/mol. The van der Waals surface area contributed by atoms with E-state index in [0.29, 0.717) is 0 Å². The van der Waals surface area contributed by atoms with Gasteiger partial charge in [-0.15, -0.1) is 0 Å². The molecule has 0 atom stereocenters. The highest BCUT2D eigenvalue weighted by Crippen LogP contribution is 2.45. The van der Waals surface area contributed by atoms with Crippen molar-refractivity contribution < 1.29 is 0 Å². The maximum atomic E-state index is 5.31. The molecule has 5 nitrogen and oxygen atoms in total. The summed E-state index contributed by atoms with van der Waals surface area (Å²) in [5.74, 6) is 0.825. The van der Waals surface area contributed by atoms with E-state index in [-0.39, 0.29) is 0 Å². The van der Waals surface area contributed by atoms with E-state index in [1.54, 1.807) is 0 Å². The normalized spacial score (nSPS) is 12.3. The number of aromatic nitrogens is 5. The molecule has 0 bridgehead atoms. The summed E-state index contributed by atoms with van der Waals surface area (Å²) < 4.78 is 4.68. The van der Waals surface area contributed by atoms with Crippen LogP contribution in [0.3, 0.4) is 0 Å². The molecule has 0 aliphatic carbocycles. The SMILES string of the molecule is c1ccc(-c2nc3ccccc3nc2-n2c3cccc4c5ccccc5n5c6ncccc6c6ccc2c(c43)c65)cc1. The standard InChI is InChI=1S/C37H21N5/c1-2-10-22(11-3-1)34-37(40-28-16-6-5-15-27(28)39-34)41-30-18-8-13-24-23-12-4-7-17-29(23)42-35-25(26-14-9-21-38-36(26)42)19-20-31(41)33(35)32(24)30/h1-21H. The van der Waals surface area contributed by atoms with Crippen molar-refractivity contribution in [2.45, 2.75) is 0 Å². The van der Waals surface area contributed by atoms with E-state index in [2.05, 4.69) is 93.9 Å². The number of para-hydroxylation sites is 3. The first-order valence-corrected chi connectivity index (χ1v) is 14.1. The number of benzene rings is 5. The molecule has 0 fully saturated rings. The third-order valence-electron chi connectivity index (χ3n) is 8.69. The zero-order chi connectivity index (χ0) is 27.4. The van der Waals surface area contributed by atoms with Crippen LogP contribution in [-0.2, 0) is 0 Å². The van der Waals surface area contributed by atoms with Crippen LogP contribution in [0.15, 0.2) is 128 Å². The van der Waals surface area contributed by atoms with Gasteiger partial charge in [-0.25, -0.2) is 15.0 Å². The molecule has 0 aliphatic rings. The molecule has 0 radical (unpaired) electrons. The molecular weight excluding hydrogens is 514 g/mol. The lowest BCUT2D eigenvalue weighted by atomic mass is 10.0. The van der Waals surface area contributed by atoms with Gasteiger partial charge >= 0.3 is 0 Å². The van der Waals surface area contributed by atoms with E-state index in [1.807, 2.05) is 42.6 Å². The molecule has 0 saturated carbocycles. The highest BCUT2D eigenvalue weighted by atomic mass is 15.1. The van der Waals surface area contributed by atoms with Crippen LogP contribution in [0.25, 0.3) is 88.1 Å². The first kappa shape index (κ1) is 21.9. The predicted octanol–water partition coefficient (Wildman–Crippen LogP) is 8.94. The fraction of sp³-hybridized carbons (Fsp3) is 0. The van der Waals surface area contributed by atoms with Crippen LogP contribution in [0.5, 0.6) is 0 Å². The van der Waals surface area contributed by atoms with E-state index >= 15 is 0 Å². The Morgan fingerprint density at radius 1 is 0.476 bits per heavy atom. The Balaban J connectivity index is 1.50. The molecule has 10 aromatic rings. The molecule has 194 valence electrons. The molecule has 0 saturated heterocycles. The summed E-state index contributed by atoms with van der Waals surface area (Å²) in [7, 11) is 0. The number of nitrogens with zero attached hydrogens (tertiary/aromatic N) is 5. The Kier molecular flexibility index (Phi) is 4.12. The van der Waals surface area contributed by atoms with Gasteiger partial charge in [0.15, 0.2) is 5.82 Å². The topological polar surface area (TPSA) is 48.0 Å². The van der Waals surface area contributed by atoms with E-state index in [9.17, 15) is 0 Å². The lowest BCUT2D eigenvalue weighted by Crippen LogP contribution is -2.03. The van der Waals surface area contributed by atoms with Gasteiger partial charge in [-0.3, -0.25) is 8.97 Å². The Morgan fingerprint density at radius 3 is 2.10 bits per heavy atom. The number of hydrogen-bond donors (Lipinski definition) is 0. The van der Waals surface area contributed by atoms with Gasteiger partial charge < -0.3 is 0 Å². The van der Waals surface area contributed by atoms with Crippen molar-refractivity contribution in [3.8, 4) is 17.1 Å². The third kappa shape index (κ3) is 2.70. The largest absolute Gasteiger partial charge is 0.293 e. The minimum Gasteiger partial charge on any atom is -0.293 e. The smallest absolute Gasteiger partial charge is 0.165 e. The molecule has 5 heteroatoms. The Bertz CT molecular complexity index is 2680. The van der Waals surface area contributed by atoms with Crippen molar-refractivity contribution >= 4 is 71.1 Å². The minimum absolute atomic E-state index is 0.825. The van der Waals surface area contributed by atoms with Crippen LogP contribution in [0.1, 0.15) is 0 Å². The fourth-order valence-corrected chi connectivity index (χ4v) is 6.99. The van der Waals surface area contributed by atoms with E-state index in [1.165, 1.54) is 32.4 Å². The maximum absolute atomic E-state index is 5.31. The number of fused-ring (bicyclic) bond motifs is 7. The van der Waals surface area contributed by atoms with Gasteiger partial charge in [0, 0.05) is 38.7 Å². The monoisotopic (exact) mass is 535 g/mol. The number of rotatable bonds is 2. The van der Waals surface area contributed by atoms with E-state index < -0.39 is 0 Å². The average Bonchev–Trinajstić information content (AvgIpc) is 3.53. The molecule has 0 spiro atoms. The van der Waals surface area contributed by atoms with Gasteiger partial charge in [0.05, 0.1) is 33.1 Å². The van der Waals surface area contributed by atoms with E-state index in [0.717, 1.165) is 55.7 Å². The second-order valence-corrected chi connectivity index (χ2v) is 10.9. The van der Waals surface area contributed by atoms with Gasteiger partial charge in [0.1, 0.15) is 11.3 Å². The van der Waals surface area contributed by atoms with Crippen LogP contribution in [0, 0.1) is 0 Å². The van der Waals surface area contributed by atoms with Crippen molar-refractivity contribution in [2.24, 2.45) is 0 Å². The van der Waals surface area contributed by atoms with E-state index in [4.69, 9.17) is 15.0 Å². The van der Waals surface area contributed by atoms with Crippen molar-refractivity contribution in [3.05, 3.63) is 128 Å². The van der Waals surface area contributed by atoms with Crippen molar-refractivity contribution in [1.82, 2.24) is 23.9 Å². The molecule has 10 rings (SSSR count). The second kappa shape index (κ2) is 7.89. The Morgan fingerprint density at radius 2 is 1.19 bits per heavy atom. The highest BCUT2D eigenvalue weighted by molar-refractivity contribution is 6.32. The molecule has 5 aromatic heterocycles. The number of hydrogen-bond acceptors (Lipinski definition) is 3. The van der Waals surface area contributed by atoms with Crippen molar-refractivity contribution in [2.75, 3.05) is 0 Å². The van der Waals surface area contributed by atoms with Crippen LogP contribution < -0.4 is 0 Å². The lowest BCUT2D eigenvalue weighted by Gasteiger charge is -2.14. The summed E-state index contributed by atoms with van der Waals surface area (Å²) in [6.45, 7) is 0. The molecule has 0 N–H and O–H groups in total. The zero-order valence-corrected chi connectivity index (χ0v) is 22.4. The maximum Gasteiger partial charge on any atom is 0.165 e. The van der Waals surface area contributed by atoms with Gasteiger partial charge in [0.25, 0.3) is 0 Å². The van der Waals surface area contributed by atoms with Crippen LogP contribution in [0.2, 0.25) is 0 Å². The quantitative estimate of drug-likeness (QED) is 0.222. The highest BCUT2D eigenvalue weighted by Gasteiger charge is 2.25. The zero-order valence-electron chi connectivity index (χ0n) is 22.4. The number of pyridine rings is 1. The van der Waals surface area contributed by atoms with Crippen molar-refractivity contribution in [3.63, 3.8) is 0 Å². The first-order chi connectivity index (χ1) is 20.9. The Labute approximate surface area is 239 Å². The molecule has 0 aliphatic heterocycles. The average molecular weight is 536 g/mol. The van der Waals surface area contributed by atoms with Gasteiger partial charge in [-0.05, 0) is 53.9 Å². The summed E-state index contributed by atoms with van der Waals surface area (Å²) in [4.78, 5) is 15.4. The third-order valence-corrected chi connectivity index (χ3v) is 8.69. The van der Waals surface area contributed by atoms with Crippen LogP contribution >= 0.6 is 0 Å². The molecule has 0 unspecified atom stereocenters. The molecule has 5 heterocycles. The molecule has 5 aromatic carbocycles. The summed E-state index contributed by atoms with van der Waals surface area (Å²) in [6.07, 6.45) is 1.89. The molecule has 0 amide bonds. The minimum atomic E-state index is 0.825.